The van der Waals surface area contributed by atoms with Crippen LogP contribution in [0.3, 0.4) is 0 Å². The lowest BCUT2D eigenvalue weighted by molar-refractivity contribution is 0.122. The molecule has 0 bridgehead atoms. The highest BCUT2D eigenvalue weighted by Crippen LogP contribution is 2.26. The number of nitrogens with zero attached hydrogens (tertiary/aromatic N) is 3. The van der Waals surface area contributed by atoms with Crippen LogP contribution in [0.4, 0.5) is 11.4 Å². The van der Waals surface area contributed by atoms with Crippen LogP contribution >= 0.6 is 0 Å². The van der Waals surface area contributed by atoms with Gasteiger partial charge < -0.3 is 20.4 Å². The van der Waals surface area contributed by atoms with E-state index in [2.05, 4.69) is 37.2 Å². The van der Waals surface area contributed by atoms with E-state index in [0.29, 0.717) is 11.5 Å². The van der Waals surface area contributed by atoms with E-state index in [1.165, 1.54) is 5.69 Å². The van der Waals surface area contributed by atoms with Gasteiger partial charge in [-0.25, -0.2) is 4.98 Å². The molecule has 3 aromatic rings. The van der Waals surface area contributed by atoms with Crippen molar-refractivity contribution in [1.82, 2.24) is 20.2 Å². The summed E-state index contributed by atoms with van der Waals surface area (Å²) in [6.07, 6.45) is 1.59. The third-order valence-electron chi connectivity index (χ3n) is 3.75. The molecule has 0 aliphatic carbocycles. The normalized spacial score (nSPS) is 15.7. The van der Waals surface area contributed by atoms with Crippen molar-refractivity contribution in [2.75, 3.05) is 36.9 Å². The molecule has 108 valence electrons. The summed E-state index contributed by atoms with van der Waals surface area (Å²) in [6.45, 7) is 3.38. The minimum Gasteiger partial charge on any atom is -0.396 e. The highest BCUT2D eigenvalue weighted by molar-refractivity contribution is 5.84. The Balaban J connectivity index is 1.73. The molecule has 1 aromatic carbocycles. The predicted molar refractivity (Wildman–Crippen MR) is 81.1 cm³/mol. The number of anilines is 2. The Kier molecular flexibility index (Phi) is 2.78. The summed E-state index contributed by atoms with van der Waals surface area (Å²) in [7, 11) is 0. The minimum atomic E-state index is 0.586. The van der Waals surface area contributed by atoms with Gasteiger partial charge in [0.1, 0.15) is 5.69 Å². The van der Waals surface area contributed by atoms with Gasteiger partial charge in [-0.3, -0.25) is 5.10 Å². The molecule has 0 radical (unpaired) electrons. The predicted octanol–water partition coefficient (Wildman–Crippen LogP) is 1.37. The van der Waals surface area contributed by atoms with E-state index in [0.717, 1.165) is 43.0 Å². The van der Waals surface area contributed by atoms with E-state index >= 15 is 0 Å². The fourth-order valence-electron chi connectivity index (χ4n) is 2.62. The molecule has 0 atom stereocenters. The smallest absolute Gasteiger partial charge is 0.158 e. The van der Waals surface area contributed by atoms with Crippen LogP contribution in [0.5, 0.6) is 0 Å². The Morgan fingerprint density at radius 2 is 2.10 bits per heavy atom. The van der Waals surface area contributed by atoms with E-state index in [9.17, 15) is 0 Å². The number of H-pyrrole nitrogens is 2. The van der Waals surface area contributed by atoms with Crippen molar-refractivity contribution in [2.24, 2.45) is 0 Å². The van der Waals surface area contributed by atoms with Crippen molar-refractivity contribution in [2.45, 2.75) is 0 Å². The fraction of sp³-hybridized carbons (Fsp3) is 0.286. The van der Waals surface area contributed by atoms with Crippen LogP contribution in [0.15, 0.2) is 24.4 Å². The molecule has 4 rings (SSSR count). The van der Waals surface area contributed by atoms with Crippen molar-refractivity contribution in [3.8, 4) is 11.5 Å². The largest absolute Gasteiger partial charge is 0.396 e. The van der Waals surface area contributed by atoms with Gasteiger partial charge in [-0.15, -0.1) is 0 Å². The SMILES string of the molecule is Nc1cn[nH]c1-c1nc2ccc(N3CCOCC3)cc2[nH]1. The van der Waals surface area contributed by atoms with Gasteiger partial charge >= 0.3 is 0 Å². The summed E-state index contributed by atoms with van der Waals surface area (Å²) < 4.78 is 5.39. The maximum Gasteiger partial charge on any atom is 0.158 e. The topological polar surface area (TPSA) is 95.8 Å². The molecule has 0 amide bonds. The average Bonchev–Trinajstić information content (AvgIpc) is 3.12. The minimum absolute atomic E-state index is 0.586. The number of ether oxygens (including phenoxy) is 1. The van der Waals surface area contributed by atoms with E-state index in [4.69, 9.17) is 10.5 Å². The van der Waals surface area contributed by atoms with E-state index in [1.807, 2.05) is 6.07 Å². The molecule has 4 N–H and O–H groups in total. The van der Waals surface area contributed by atoms with Gasteiger partial charge in [0.15, 0.2) is 5.82 Å². The molecule has 7 nitrogen and oxygen atoms in total. The molecule has 1 fully saturated rings. The van der Waals surface area contributed by atoms with Gasteiger partial charge in [0, 0.05) is 18.8 Å². The van der Waals surface area contributed by atoms with E-state index in [1.54, 1.807) is 6.20 Å². The zero-order chi connectivity index (χ0) is 14.2. The van der Waals surface area contributed by atoms with Crippen molar-refractivity contribution >= 4 is 22.4 Å². The summed E-state index contributed by atoms with van der Waals surface area (Å²) in [5, 5.41) is 6.79. The summed E-state index contributed by atoms with van der Waals surface area (Å²) in [6, 6.07) is 6.23. The third-order valence-corrected chi connectivity index (χ3v) is 3.75. The molecule has 7 heteroatoms. The maximum absolute atomic E-state index is 5.87. The van der Waals surface area contributed by atoms with Crippen LogP contribution in [0.1, 0.15) is 0 Å². The second-order valence-corrected chi connectivity index (χ2v) is 5.09. The van der Waals surface area contributed by atoms with Gasteiger partial charge in [-0.2, -0.15) is 5.10 Å². The summed E-state index contributed by atoms with van der Waals surface area (Å²) in [5.74, 6) is 0.708. The lowest BCUT2D eigenvalue weighted by atomic mass is 10.2. The van der Waals surface area contributed by atoms with Gasteiger partial charge in [0.25, 0.3) is 0 Å². The number of nitrogens with one attached hydrogen (secondary N) is 2. The Labute approximate surface area is 121 Å². The summed E-state index contributed by atoms with van der Waals surface area (Å²) in [5.41, 5.74) is 10.3. The van der Waals surface area contributed by atoms with Crippen LogP contribution in [-0.4, -0.2) is 46.5 Å². The molecule has 0 saturated carbocycles. The third kappa shape index (κ3) is 2.11. The van der Waals surface area contributed by atoms with Crippen LogP contribution in [-0.2, 0) is 4.74 Å². The highest BCUT2D eigenvalue weighted by atomic mass is 16.5. The van der Waals surface area contributed by atoms with Gasteiger partial charge in [0.2, 0.25) is 0 Å². The number of imidazole rings is 1. The summed E-state index contributed by atoms with van der Waals surface area (Å²) >= 11 is 0. The average molecular weight is 284 g/mol. The fourth-order valence-corrected chi connectivity index (χ4v) is 2.62. The standard InChI is InChI=1S/C14H16N6O/c15-10-8-16-19-13(10)14-17-11-2-1-9(7-12(11)18-14)20-3-5-21-6-4-20/h1-2,7-8H,3-6,15H2,(H,16,19)(H,17,18). The second kappa shape index (κ2) is 4.78. The number of benzene rings is 1. The first-order valence-corrected chi connectivity index (χ1v) is 6.93. The van der Waals surface area contributed by atoms with Gasteiger partial charge in [-0.05, 0) is 18.2 Å². The van der Waals surface area contributed by atoms with E-state index in [-0.39, 0.29) is 0 Å². The molecular formula is C14H16N6O. The number of fused-ring (bicyclic) bond motifs is 1. The number of aromatic amines is 2. The molecule has 1 aliphatic rings. The molecular weight excluding hydrogens is 268 g/mol. The highest BCUT2D eigenvalue weighted by Gasteiger charge is 2.14. The van der Waals surface area contributed by atoms with Crippen molar-refractivity contribution in [3.05, 3.63) is 24.4 Å². The van der Waals surface area contributed by atoms with E-state index < -0.39 is 0 Å². The zero-order valence-electron chi connectivity index (χ0n) is 11.5. The zero-order valence-corrected chi connectivity index (χ0v) is 11.5. The van der Waals surface area contributed by atoms with Gasteiger partial charge in [-0.1, -0.05) is 0 Å². The number of hydrogen-bond donors (Lipinski definition) is 3. The number of nitrogen functional groups attached to an aromatic ring is 1. The molecule has 2 aromatic heterocycles. The lowest BCUT2D eigenvalue weighted by Crippen LogP contribution is -2.36. The first-order chi connectivity index (χ1) is 10.3. The Morgan fingerprint density at radius 3 is 2.86 bits per heavy atom. The number of hydrogen-bond acceptors (Lipinski definition) is 5. The molecule has 1 saturated heterocycles. The number of morpholine rings is 1. The van der Waals surface area contributed by atoms with Crippen LogP contribution < -0.4 is 10.6 Å². The Hall–Kier alpha value is -2.54. The van der Waals surface area contributed by atoms with Crippen LogP contribution in [0.25, 0.3) is 22.6 Å². The van der Waals surface area contributed by atoms with Crippen molar-refractivity contribution in [3.63, 3.8) is 0 Å². The first-order valence-electron chi connectivity index (χ1n) is 6.93. The number of nitrogens with two attached hydrogens (primary N) is 1. The second-order valence-electron chi connectivity index (χ2n) is 5.09. The molecule has 0 spiro atoms. The van der Waals surface area contributed by atoms with Crippen molar-refractivity contribution < 1.29 is 4.74 Å². The van der Waals surface area contributed by atoms with Crippen LogP contribution in [0.2, 0.25) is 0 Å². The van der Waals surface area contributed by atoms with Crippen molar-refractivity contribution in [1.29, 1.82) is 0 Å². The van der Waals surface area contributed by atoms with Crippen LogP contribution in [0, 0.1) is 0 Å². The molecule has 1 aliphatic heterocycles. The summed E-state index contributed by atoms with van der Waals surface area (Å²) in [4.78, 5) is 10.2. The number of rotatable bonds is 2. The van der Waals surface area contributed by atoms with Gasteiger partial charge in [0.05, 0.1) is 36.1 Å². The Morgan fingerprint density at radius 1 is 1.24 bits per heavy atom. The molecule has 0 unspecified atom stereocenters. The Bertz CT molecular complexity index is 771. The molecule has 3 heterocycles. The first kappa shape index (κ1) is 12.2. The maximum atomic E-state index is 5.87. The lowest BCUT2D eigenvalue weighted by Gasteiger charge is -2.28. The molecule has 21 heavy (non-hydrogen) atoms. The number of aromatic nitrogens is 4. The quantitative estimate of drug-likeness (QED) is 0.660. The monoisotopic (exact) mass is 284 g/mol.